The second-order valence-electron chi connectivity index (χ2n) is 3.68. The fraction of sp³-hybridized carbons (Fsp3) is 0.300. The Balaban J connectivity index is 2.16. The molecule has 1 aliphatic rings. The molecule has 0 N–H and O–H groups in total. The lowest BCUT2D eigenvalue weighted by atomic mass is 10.1. The average Bonchev–Trinajstić information content (AvgIpc) is 2.11. The first kappa shape index (κ1) is 12.0. The minimum absolute atomic E-state index is 0.354. The van der Waals surface area contributed by atoms with Crippen LogP contribution in [-0.2, 0) is 0 Å². The van der Waals surface area contributed by atoms with Gasteiger partial charge in [0.05, 0.1) is 13.1 Å². The summed E-state index contributed by atoms with van der Waals surface area (Å²) in [7, 11) is 0. The first-order valence-corrected chi connectivity index (χ1v) is 5.96. The molecule has 6 heteroatoms. The van der Waals surface area contributed by atoms with Crippen molar-refractivity contribution < 1.29 is 13.6 Å². The van der Waals surface area contributed by atoms with Crippen molar-refractivity contribution in [2.75, 3.05) is 13.1 Å². The fourth-order valence-electron chi connectivity index (χ4n) is 1.52. The van der Waals surface area contributed by atoms with Gasteiger partial charge in [-0.25, -0.2) is 8.78 Å². The van der Waals surface area contributed by atoms with Crippen LogP contribution in [0, 0.1) is 3.57 Å². The predicted octanol–water partition coefficient (Wildman–Crippen LogP) is 3.04. The second kappa shape index (κ2) is 4.10. The Labute approximate surface area is 110 Å². The van der Waals surface area contributed by atoms with Gasteiger partial charge in [-0.3, -0.25) is 4.79 Å². The first-order chi connectivity index (χ1) is 7.37. The van der Waals surface area contributed by atoms with Gasteiger partial charge in [0.1, 0.15) is 0 Å². The summed E-state index contributed by atoms with van der Waals surface area (Å²) >= 11 is 7.81. The zero-order valence-corrected chi connectivity index (χ0v) is 10.9. The van der Waals surface area contributed by atoms with Crippen LogP contribution < -0.4 is 0 Å². The number of likely N-dealkylation sites (tertiary alicyclic amines) is 1. The van der Waals surface area contributed by atoms with Gasteiger partial charge in [-0.1, -0.05) is 11.6 Å². The van der Waals surface area contributed by atoms with Gasteiger partial charge in [-0.2, -0.15) is 0 Å². The third-order valence-electron chi connectivity index (χ3n) is 2.24. The zero-order chi connectivity index (χ0) is 11.9. The molecule has 1 aromatic carbocycles. The second-order valence-corrected chi connectivity index (χ2v) is 5.36. The summed E-state index contributed by atoms with van der Waals surface area (Å²) in [5, 5.41) is 0.433. The molecule has 0 saturated carbocycles. The monoisotopic (exact) mass is 357 g/mol. The molecule has 2 rings (SSSR count). The lowest BCUT2D eigenvalue weighted by molar-refractivity contribution is -0.113. The normalized spacial score (nSPS) is 18.1. The Morgan fingerprint density at radius 1 is 1.38 bits per heavy atom. The summed E-state index contributed by atoms with van der Waals surface area (Å²) in [6.07, 6.45) is 0. The molecule has 0 unspecified atom stereocenters. The largest absolute Gasteiger partial charge is 0.326 e. The number of nitrogens with zero attached hydrogens (tertiary/aromatic N) is 1. The number of carbonyl (C=O) groups excluding carboxylic acids is 1. The highest BCUT2D eigenvalue weighted by Gasteiger charge is 2.46. The Morgan fingerprint density at radius 3 is 2.50 bits per heavy atom. The molecule has 0 aromatic heterocycles. The summed E-state index contributed by atoms with van der Waals surface area (Å²) in [6, 6.07) is 4.82. The van der Waals surface area contributed by atoms with E-state index in [9.17, 15) is 13.6 Å². The molecule has 0 radical (unpaired) electrons. The highest BCUT2D eigenvalue weighted by atomic mass is 127. The van der Waals surface area contributed by atoms with E-state index in [2.05, 4.69) is 0 Å². The van der Waals surface area contributed by atoms with Crippen molar-refractivity contribution in [1.82, 2.24) is 4.90 Å². The van der Waals surface area contributed by atoms with Crippen molar-refractivity contribution in [1.29, 1.82) is 0 Å². The van der Waals surface area contributed by atoms with Gasteiger partial charge >= 0.3 is 0 Å². The van der Waals surface area contributed by atoms with E-state index in [0.29, 0.717) is 10.6 Å². The van der Waals surface area contributed by atoms with Gasteiger partial charge in [0.2, 0.25) is 0 Å². The van der Waals surface area contributed by atoms with Crippen LogP contribution in [0.15, 0.2) is 18.2 Å². The highest BCUT2D eigenvalue weighted by molar-refractivity contribution is 14.1. The predicted molar refractivity (Wildman–Crippen MR) is 65.0 cm³/mol. The summed E-state index contributed by atoms with van der Waals surface area (Å²) < 4.78 is 26.0. The standard InChI is InChI=1S/C10H7ClF2INO/c11-7-1-6(2-8(14)3-7)9(16)15-4-10(12,13)5-15/h1-3H,4-5H2. The SMILES string of the molecule is O=C(c1cc(Cl)cc(I)c1)N1CC(F)(F)C1. The third kappa shape index (κ3) is 2.45. The molecule has 1 fully saturated rings. The number of alkyl halides is 2. The highest BCUT2D eigenvalue weighted by Crippen LogP contribution is 2.28. The van der Waals surface area contributed by atoms with Crippen molar-refractivity contribution in [2.24, 2.45) is 0 Å². The fourth-order valence-corrected chi connectivity index (χ4v) is 2.61. The molecule has 2 nitrogen and oxygen atoms in total. The number of carbonyl (C=O) groups is 1. The Kier molecular flexibility index (Phi) is 3.09. The van der Waals surface area contributed by atoms with Crippen LogP contribution in [0.3, 0.4) is 0 Å². The molecule has 0 atom stereocenters. The molecule has 1 aliphatic heterocycles. The molecule has 1 aromatic rings. The summed E-state index contributed by atoms with van der Waals surface area (Å²) in [6.45, 7) is -1.01. The van der Waals surface area contributed by atoms with Crippen LogP contribution >= 0.6 is 34.2 Å². The lowest BCUT2D eigenvalue weighted by Crippen LogP contribution is -2.58. The minimum atomic E-state index is -2.73. The number of amides is 1. The molecule has 86 valence electrons. The average molecular weight is 358 g/mol. The molecule has 0 bridgehead atoms. The minimum Gasteiger partial charge on any atom is -0.326 e. The van der Waals surface area contributed by atoms with Crippen molar-refractivity contribution in [2.45, 2.75) is 5.92 Å². The quantitative estimate of drug-likeness (QED) is 0.708. The molecular weight excluding hydrogens is 350 g/mol. The van der Waals surface area contributed by atoms with Gasteiger partial charge in [0.15, 0.2) is 0 Å². The van der Waals surface area contributed by atoms with E-state index in [1.807, 2.05) is 22.6 Å². The summed E-state index contributed by atoms with van der Waals surface area (Å²) in [5.41, 5.74) is 0.354. The molecular formula is C10H7ClF2INO. The molecule has 1 saturated heterocycles. The number of hydrogen-bond acceptors (Lipinski definition) is 1. The van der Waals surface area contributed by atoms with E-state index in [1.54, 1.807) is 12.1 Å². The summed E-state index contributed by atoms with van der Waals surface area (Å²) in [4.78, 5) is 12.9. The van der Waals surface area contributed by atoms with Crippen LogP contribution in [0.25, 0.3) is 0 Å². The van der Waals surface area contributed by atoms with E-state index in [0.717, 1.165) is 8.47 Å². The van der Waals surface area contributed by atoms with Gasteiger partial charge in [-0.15, -0.1) is 0 Å². The smallest absolute Gasteiger partial charge is 0.282 e. The van der Waals surface area contributed by atoms with Crippen molar-refractivity contribution >= 4 is 40.1 Å². The molecule has 16 heavy (non-hydrogen) atoms. The van der Waals surface area contributed by atoms with Crippen LogP contribution in [0.5, 0.6) is 0 Å². The van der Waals surface area contributed by atoms with Crippen molar-refractivity contribution in [3.8, 4) is 0 Å². The summed E-state index contributed by atoms with van der Waals surface area (Å²) in [5.74, 6) is -3.13. The zero-order valence-electron chi connectivity index (χ0n) is 8.01. The van der Waals surface area contributed by atoms with Gasteiger partial charge < -0.3 is 4.90 Å². The lowest BCUT2D eigenvalue weighted by Gasteiger charge is -2.38. The van der Waals surface area contributed by atoms with Crippen LogP contribution in [0.2, 0.25) is 5.02 Å². The number of rotatable bonds is 1. The van der Waals surface area contributed by atoms with Crippen LogP contribution in [0.1, 0.15) is 10.4 Å². The first-order valence-electron chi connectivity index (χ1n) is 4.51. The molecule has 1 amide bonds. The Morgan fingerprint density at radius 2 is 2.00 bits per heavy atom. The van der Waals surface area contributed by atoms with E-state index in [1.165, 1.54) is 6.07 Å². The van der Waals surface area contributed by atoms with Crippen molar-refractivity contribution in [3.63, 3.8) is 0 Å². The Hall–Kier alpha value is -0.430. The topological polar surface area (TPSA) is 20.3 Å². The van der Waals surface area contributed by atoms with E-state index in [-0.39, 0.29) is 0 Å². The Bertz CT molecular complexity index is 424. The maximum atomic E-state index is 12.6. The van der Waals surface area contributed by atoms with Gasteiger partial charge in [0, 0.05) is 14.2 Å². The maximum absolute atomic E-state index is 12.6. The molecule has 1 heterocycles. The van der Waals surface area contributed by atoms with E-state index < -0.39 is 24.9 Å². The number of benzene rings is 1. The van der Waals surface area contributed by atoms with Crippen LogP contribution in [-0.4, -0.2) is 29.8 Å². The van der Waals surface area contributed by atoms with Crippen LogP contribution in [0.4, 0.5) is 8.78 Å². The van der Waals surface area contributed by atoms with Gasteiger partial charge in [-0.05, 0) is 40.8 Å². The number of hydrogen-bond donors (Lipinski definition) is 0. The molecule has 0 spiro atoms. The van der Waals surface area contributed by atoms with E-state index >= 15 is 0 Å². The van der Waals surface area contributed by atoms with Crippen molar-refractivity contribution in [3.05, 3.63) is 32.4 Å². The van der Waals surface area contributed by atoms with Gasteiger partial charge in [0.25, 0.3) is 11.8 Å². The number of halogens is 4. The van der Waals surface area contributed by atoms with E-state index in [4.69, 9.17) is 11.6 Å². The third-order valence-corrected chi connectivity index (χ3v) is 3.08. The maximum Gasteiger partial charge on any atom is 0.282 e. The molecule has 0 aliphatic carbocycles.